The zero-order valence-electron chi connectivity index (χ0n) is 8.71. The highest BCUT2D eigenvalue weighted by molar-refractivity contribution is 7.10. The van der Waals surface area contributed by atoms with E-state index in [2.05, 4.69) is 11.7 Å². The molecule has 1 aromatic heterocycles. The van der Waals surface area contributed by atoms with E-state index in [1.807, 2.05) is 11.4 Å². The van der Waals surface area contributed by atoms with Gasteiger partial charge in [0.25, 0.3) is 0 Å². The van der Waals surface area contributed by atoms with Gasteiger partial charge in [0.1, 0.15) is 0 Å². The summed E-state index contributed by atoms with van der Waals surface area (Å²) in [6.07, 6.45) is 4.77. The van der Waals surface area contributed by atoms with E-state index in [0.29, 0.717) is 5.56 Å². The SMILES string of the molecule is CCCCCc1cc(C(=O)OC)cs1. The Labute approximate surface area is 88.9 Å². The van der Waals surface area contributed by atoms with Gasteiger partial charge in [-0.2, -0.15) is 0 Å². The van der Waals surface area contributed by atoms with Crippen LogP contribution < -0.4 is 0 Å². The molecule has 0 saturated heterocycles. The quantitative estimate of drug-likeness (QED) is 0.553. The van der Waals surface area contributed by atoms with Crippen molar-refractivity contribution < 1.29 is 9.53 Å². The Morgan fingerprint density at radius 2 is 2.29 bits per heavy atom. The first-order valence-corrected chi connectivity index (χ1v) is 5.81. The highest BCUT2D eigenvalue weighted by Crippen LogP contribution is 2.18. The van der Waals surface area contributed by atoms with E-state index in [0.717, 1.165) is 6.42 Å². The molecular formula is C11H16O2S. The molecule has 3 heteroatoms. The van der Waals surface area contributed by atoms with Gasteiger partial charge < -0.3 is 4.74 Å². The Balaban J connectivity index is 2.46. The molecule has 0 radical (unpaired) electrons. The topological polar surface area (TPSA) is 26.3 Å². The fraction of sp³-hybridized carbons (Fsp3) is 0.545. The van der Waals surface area contributed by atoms with E-state index in [-0.39, 0.29) is 5.97 Å². The third-order valence-electron chi connectivity index (χ3n) is 2.10. The molecule has 0 fully saturated rings. The summed E-state index contributed by atoms with van der Waals surface area (Å²) in [4.78, 5) is 12.4. The number of carbonyl (C=O) groups is 1. The van der Waals surface area contributed by atoms with E-state index in [9.17, 15) is 4.79 Å². The van der Waals surface area contributed by atoms with Gasteiger partial charge in [0, 0.05) is 10.3 Å². The number of hydrogen-bond acceptors (Lipinski definition) is 3. The number of hydrogen-bond donors (Lipinski definition) is 0. The van der Waals surface area contributed by atoms with Gasteiger partial charge in [-0.1, -0.05) is 19.8 Å². The molecule has 0 spiro atoms. The van der Waals surface area contributed by atoms with Gasteiger partial charge >= 0.3 is 5.97 Å². The van der Waals surface area contributed by atoms with E-state index in [1.54, 1.807) is 11.3 Å². The number of aryl methyl sites for hydroxylation is 1. The van der Waals surface area contributed by atoms with Crippen molar-refractivity contribution in [1.82, 2.24) is 0 Å². The Morgan fingerprint density at radius 3 is 2.93 bits per heavy atom. The Bertz CT molecular complexity index is 291. The highest BCUT2D eigenvalue weighted by atomic mass is 32.1. The molecule has 1 heterocycles. The van der Waals surface area contributed by atoms with Crippen LogP contribution in [-0.2, 0) is 11.2 Å². The van der Waals surface area contributed by atoms with Gasteiger partial charge in [-0.25, -0.2) is 4.79 Å². The van der Waals surface area contributed by atoms with E-state index < -0.39 is 0 Å². The summed E-state index contributed by atoms with van der Waals surface area (Å²) in [7, 11) is 1.41. The van der Waals surface area contributed by atoms with Gasteiger partial charge in [0.15, 0.2) is 0 Å². The van der Waals surface area contributed by atoms with Gasteiger partial charge in [0.2, 0.25) is 0 Å². The molecule has 0 aromatic carbocycles. The maximum Gasteiger partial charge on any atom is 0.338 e. The molecule has 2 nitrogen and oxygen atoms in total. The Morgan fingerprint density at radius 1 is 1.50 bits per heavy atom. The van der Waals surface area contributed by atoms with Crippen LogP contribution in [0.4, 0.5) is 0 Å². The monoisotopic (exact) mass is 212 g/mol. The maximum absolute atomic E-state index is 11.1. The van der Waals surface area contributed by atoms with Crippen LogP contribution in [0.15, 0.2) is 11.4 Å². The number of carbonyl (C=O) groups excluding carboxylic acids is 1. The number of methoxy groups -OCH3 is 1. The predicted molar refractivity (Wildman–Crippen MR) is 58.9 cm³/mol. The average Bonchev–Trinajstić information content (AvgIpc) is 2.66. The second-order valence-corrected chi connectivity index (χ2v) is 4.25. The van der Waals surface area contributed by atoms with Crippen LogP contribution >= 0.6 is 11.3 Å². The third kappa shape index (κ3) is 3.14. The lowest BCUT2D eigenvalue weighted by atomic mass is 10.2. The number of unbranched alkanes of at least 4 members (excludes halogenated alkanes) is 2. The summed E-state index contributed by atoms with van der Waals surface area (Å²) >= 11 is 1.64. The fourth-order valence-electron chi connectivity index (χ4n) is 1.29. The molecule has 0 aliphatic rings. The molecule has 0 bridgehead atoms. The molecule has 0 N–H and O–H groups in total. The summed E-state index contributed by atoms with van der Waals surface area (Å²) < 4.78 is 4.64. The van der Waals surface area contributed by atoms with Crippen molar-refractivity contribution in [3.63, 3.8) is 0 Å². The lowest BCUT2D eigenvalue weighted by Gasteiger charge is -1.95. The van der Waals surface area contributed by atoms with E-state index in [1.165, 1.54) is 31.2 Å². The van der Waals surface area contributed by atoms with Gasteiger partial charge in [-0.15, -0.1) is 11.3 Å². The lowest BCUT2D eigenvalue weighted by Crippen LogP contribution is -1.98. The first kappa shape index (κ1) is 11.2. The largest absolute Gasteiger partial charge is 0.465 e. The number of rotatable bonds is 5. The van der Waals surface area contributed by atoms with E-state index >= 15 is 0 Å². The molecule has 0 unspecified atom stereocenters. The van der Waals surface area contributed by atoms with Crippen molar-refractivity contribution in [1.29, 1.82) is 0 Å². The molecule has 0 saturated carbocycles. The Hall–Kier alpha value is -0.830. The zero-order chi connectivity index (χ0) is 10.4. The van der Waals surface area contributed by atoms with Crippen molar-refractivity contribution >= 4 is 17.3 Å². The molecular weight excluding hydrogens is 196 g/mol. The highest BCUT2D eigenvalue weighted by Gasteiger charge is 2.07. The smallest absolute Gasteiger partial charge is 0.338 e. The summed E-state index contributed by atoms with van der Waals surface area (Å²) in [5, 5.41) is 1.87. The van der Waals surface area contributed by atoms with Crippen LogP contribution in [0.1, 0.15) is 41.4 Å². The lowest BCUT2D eigenvalue weighted by molar-refractivity contribution is 0.0601. The summed E-state index contributed by atoms with van der Waals surface area (Å²) in [5.41, 5.74) is 0.684. The van der Waals surface area contributed by atoms with Gasteiger partial charge in [-0.05, 0) is 18.9 Å². The number of thiophene rings is 1. The second kappa shape index (κ2) is 5.81. The predicted octanol–water partition coefficient (Wildman–Crippen LogP) is 3.27. The van der Waals surface area contributed by atoms with Crippen molar-refractivity contribution in [3.8, 4) is 0 Å². The Kier molecular flexibility index (Phi) is 4.66. The van der Waals surface area contributed by atoms with Crippen LogP contribution in [0.5, 0.6) is 0 Å². The van der Waals surface area contributed by atoms with Crippen molar-refractivity contribution in [2.75, 3.05) is 7.11 Å². The summed E-state index contributed by atoms with van der Waals surface area (Å²) in [6.45, 7) is 2.19. The number of esters is 1. The zero-order valence-corrected chi connectivity index (χ0v) is 9.52. The van der Waals surface area contributed by atoms with Gasteiger partial charge in [-0.3, -0.25) is 0 Å². The molecule has 1 rings (SSSR count). The molecule has 0 atom stereocenters. The van der Waals surface area contributed by atoms with Crippen LogP contribution in [0.25, 0.3) is 0 Å². The van der Waals surface area contributed by atoms with Crippen LogP contribution in [0, 0.1) is 0 Å². The summed E-state index contributed by atoms with van der Waals surface area (Å²) in [5.74, 6) is -0.233. The molecule has 14 heavy (non-hydrogen) atoms. The first-order valence-electron chi connectivity index (χ1n) is 4.93. The van der Waals surface area contributed by atoms with Crippen molar-refractivity contribution in [2.45, 2.75) is 32.6 Å². The standard InChI is InChI=1S/C11H16O2S/c1-3-4-5-6-10-7-9(8-14-10)11(12)13-2/h7-8H,3-6H2,1-2H3. The fourth-order valence-corrected chi connectivity index (χ4v) is 2.19. The molecule has 0 aliphatic carbocycles. The normalized spacial score (nSPS) is 10.1. The summed E-state index contributed by atoms with van der Waals surface area (Å²) in [6, 6.07) is 1.94. The molecule has 1 aromatic rings. The van der Waals surface area contributed by atoms with Crippen LogP contribution in [0.2, 0.25) is 0 Å². The van der Waals surface area contributed by atoms with E-state index in [4.69, 9.17) is 0 Å². The molecule has 0 amide bonds. The molecule has 0 aliphatic heterocycles. The second-order valence-electron chi connectivity index (χ2n) is 3.25. The van der Waals surface area contributed by atoms with Gasteiger partial charge in [0.05, 0.1) is 12.7 Å². The minimum atomic E-state index is -0.233. The van der Waals surface area contributed by atoms with Crippen LogP contribution in [-0.4, -0.2) is 13.1 Å². The molecule has 78 valence electrons. The minimum Gasteiger partial charge on any atom is -0.465 e. The van der Waals surface area contributed by atoms with Crippen molar-refractivity contribution in [3.05, 3.63) is 21.9 Å². The number of ether oxygens (including phenoxy) is 1. The minimum absolute atomic E-state index is 0.233. The third-order valence-corrected chi connectivity index (χ3v) is 3.10. The first-order chi connectivity index (χ1) is 6.77. The van der Waals surface area contributed by atoms with Crippen LogP contribution in [0.3, 0.4) is 0 Å². The van der Waals surface area contributed by atoms with Crippen molar-refractivity contribution in [2.24, 2.45) is 0 Å². The maximum atomic E-state index is 11.1. The average molecular weight is 212 g/mol.